The zero-order valence-corrected chi connectivity index (χ0v) is 18.5. The first-order valence-electron chi connectivity index (χ1n) is 11.2. The molecule has 3 aliphatic rings. The van der Waals surface area contributed by atoms with Crippen LogP contribution in [0.2, 0.25) is 0 Å². The van der Waals surface area contributed by atoms with Gasteiger partial charge in [0, 0.05) is 6.42 Å². The van der Waals surface area contributed by atoms with E-state index in [1.807, 2.05) is 6.92 Å². The normalized spacial score (nSPS) is 43.5. The lowest BCUT2D eigenvalue weighted by Gasteiger charge is -2.65. The molecular formula is C24H41O3. The third-order valence-electron chi connectivity index (χ3n) is 8.36. The highest BCUT2D eigenvalue weighted by Gasteiger charge is 2.61. The third kappa shape index (κ3) is 3.95. The molecule has 5 atom stereocenters. The molecule has 0 aromatic rings. The summed E-state index contributed by atoms with van der Waals surface area (Å²) in [5, 5.41) is 0. The molecule has 27 heavy (non-hydrogen) atoms. The van der Waals surface area contributed by atoms with E-state index in [1.165, 1.54) is 38.5 Å². The fourth-order valence-electron chi connectivity index (χ4n) is 7.25. The van der Waals surface area contributed by atoms with Crippen LogP contribution >= 0.6 is 0 Å². The second kappa shape index (κ2) is 7.35. The van der Waals surface area contributed by atoms with Crippen LogP contribution in [0.4, 0.5) is 0 Å². The van der Waals surface area contributed by atoms with Crippen molar-refractivity contribution >= 4 is 5.97 Å². The van der Waals surface area contributed by atoms with Gasteiger partial charge in [0.2, 0.25) is 0 Å². The predicted octanol–water partition coefficient (Wildman–Crippen LogP) is 6.10. The van der Waals surface area contributed by atoms with Crippen molar-refractivity contribution in [3.8, 4) is 0 Å². The Morgan fingerprint density at radius 1 is 1.04 bits per heavy atom. The molecule has 0 N–H and O–H groups in total. The Labute approximate surface area is 167 Å². The number of carbonyl (C=O) groups is 1. The van der Waals surface area contributed by atoms with Crippen LogP contribution in [0.1, 0.15) is 99.3 Å². The summed E-state index contributed by atoms with van der Waals surface area (Å²) in [4.78, 5) is 11.7. The smallest absolute Gasteiger partial charge is 0.305 e. The number of hydrogen-bond acceptors (Lipinski definition) is 3. The zero-order chi connectivity index (χ0) is 19.9. The van der Waals surface area contributed by atoms with Gasteiger partial charge < -0.3 is 9.47 Å². The van der Waals surface area contributed by atoms with Gasteiger partial charge in [0.05, 0.1) is 17.8 Å². The van der Waals surface area contributed by atoms with E-state index in [0.29, 0.717) is 29.8 Å². The lowest BCUT2D eigenvalue weighted by molar-refractivity contribution is -0.257. The van der Waals surface area contributed by atoms with Gasteiger partial charge >= 0.3 is 5.97 Å². The van der Waals surface area contributed by atoms with Gasteiger partial charge in [-0.2, -0.15) is 0 Å². The maximum absolute atomic E-state index is 11.7. The molecule has 1 radical (unpaired) electrons. The highest BCUT2D eigenvalue weighted by Crippen LogP contribution is 2.65. The minimum atomic E-state index is -0.217. The number of hydrogen-bond donors (Lipinski definition) is 0. The first-order chi connectivity index (χ1) is 12.5. The summed E-state index contributed by atoms with van der Waals surface area (Å²) in [6, 6.07) is 0. The van der Waals surface area contributed by atoms with E-state index < -0.39 is 0 Å². The van der Waals surface area contributed by atoms with E-state index in [0.717, 1.165) is 18.8 Å². The number of fused-ring (bicyclic) bond motifs is 3. The minimum absolute atomic E-state index is 0.0356. The van der Waals surface area contributed by atoms with E-state index in [-0.39, 0.29) is 17.2 Å². The standard InChI is InChI=1S/C24H41O3/c1-7-26-20(25)10-8-14-22(4)16-11-19-23(5)15-9-13-21(2,3)18(23)12-17-24(19,6)27-22/h14,18-19H,7-13,15-17H2,1-6H3. The Bertz CT molecular complexity index is 556. The molecule has 5 unspecified atom stereocenters. The van der Waals surface area contributed by atoms with E-state index >= 15 is 0 Å². The van der Waals surface area contributed by atoms with E-state index in [4.69, 9.17) is 9.47 Å². The van der Waals surface area contributed by atoms with Gasteiger partial charge in [-0.05, 0) is 94.8 Å². The fraction of sp³-hybridized carbons (Fsp3) is 0.917. The molecule has 3 heteroatoms. The third-order valence-corrected chi connectivity index (χ3v) is 8.36. The average molecular weight is 378 g/mol. The molecule has 2 saturated carbocycles. The molecule has 3 nitrogen and oxygen atoms in total. The fourth-order valence-corrected chi connectivity index (χ4v) is 7.25. The number of carbonyl (C=O) groups excluding carboxylic acids is 1. The molecule has 0 aromatic heterocycles. The molecule has 2 aliphatic carbocycles. The van der Waals surface area contributed by atoms with Crippen molar-refractivity contribution < 1.29 is 14.3 Å². The van der Waals surface area contributed by atoms with Crippen LogP contribution in [0.3, 0.4) is 0 Å². The van der Waals surface area contributed by atoms with Crippen molar-refractivity contribution in [2.45, 2.75) is 111 Å². The SMILES string of the molecule is CCOC(=O)CC[CH]C1(C)CCC2C(C)(CCC3C(C)(C)CCCC32C)O1. The van der Waals surface area contributed by atoms with Crippen molar-refractivity contribution in [1.29, 1.82) is 0 Å². The molecule has 1 saturated heterocycles. The number of esters is 1. The largest absolute Gasteiger partial charge is 0.466 e. The Morgan fingerprint density at radius 3 is 2.44 bits per heavy atom. The summed E-state index contributed by atoms with van der Waals surface area (Å²) >= 11 is 0. The van der Waals surface area contributed by atoms with Gasteiger partial charge in [0.15, 0.2) is 0 Å². The molecule has 0 amide bonds. The van der Waals surface area contributed by atoms with Crippen LogP contribution in [-0.2, 0) is 14.3 Å². The second-order valence-electron chi connectivity index (χ2n) is 10.8. The summed E-state index contributed by atoms with van der Waals surface area (Å²) < 4.78 is 11.9. The Hall–Kier alpha value is -0.570. The van der Waals surface area contributed by atoms with E-state index in [2.05, 4.69) is 41.0 Å². The summed E-state index contributed by atoms with van der Waals surface area (Å²) in [5.74, 6) is 1.36. The minimum Gasteiger partial charge on any atom is -0.466 e. The monoisotopic (exact) mass is 377 g/mol. The molecular weight excluding hydrogens is 336 g/mol. The van der Waals surface area contributed by atoms with Gasteiger partial charge in [-0.25, -0.2) is 0 Å². The van der Waals surface area contributed by atoms with Crippen LogP contribution in [0.25, 0.3) is 0 Å². The maximum atomic E-state index is 11.7. The van der Waals surface area contributed by atoms with Crippen LogP contribution in [-0.4, -0.2) is 23.8 Å². The lowest BCUT2D eigenvalue weighted by Crippen LogP contribution is -2.62. The summed E-state index contributed by atoms with van der Waals surface area (Å²) in [6.45, 7) is 14.5. The number of rotatable bonds is 5. The Kier molecular flexibility index (Phi) is 5.76. The van der Waals surface area contributed by atoms with Crippen molar-refractivity contribution in [1.82, 2.24) is 0 Å². The molecule has 0 bridgehead atoms. The average Bonchev–Trinajstić information content (AvgIpc) is 2.53. The topological polar surface area (TPSA) is 35.5 Å². The van der Waals surface area contributed by atoms with Crippen molar-refractivity contribution in [2.24, 2.45) is 22.7 Å². The number of ether oxygens (including phenoxy) is 2. The van der Waals surface area contributed by atoms with Gasteiger partial charge in [-0.15, -0.1) is 0 Å². The van der Waals surface area contributed by atoms with Crippen molar-refractivity contribution in [3.63, 3.8) is 0 Å². The molecule has 0 spiro atoms. The zero-order valence-electron chi connectivity index (χ0n) is 18.5. The summed E-state index contributed by atoms with van der Waals surface area (Å²) in [5.41, 5.74) is 0.610. The highest BCUT2D eigenvalue weighted by atomic mass is 16.5. The molecule has 3 fully saturated rings. The van der Waals surface area contributed by atoms with Gasteiger partial charge in [0.1, 0.15) is 0 Å². The molecule has 155 valence electrons. The molecule has 1 aliphatic heterocycles. The summed E-state index contributed by atoms with van der Waals surface area (Å²) in [7, 11) is 0. The van der Waals surface area contributed by atoms with Gasteiger partial charge in [-0.1, -0.05) is 27.2 Å². The lowest BCUT2D eigenvalue weighted by atomic mass is 9.44. The predicted molar refractivity (Wildman–Crippen MR) is 109 cm³/mol. The van der Waals surface area contributed by atoms with E-state index in [9.17, 15) is 4.79 Å². The molecule has 0 aromatic carbocycles. The van der Waals surface area contributed by atoms with Crippen LogP contribution in [0.15, 0.2) is 0 Å². The molecule has 3 rings (SSSR count). The van der Waals surface area contributed by atoms with Crippen molar-refractivity contribution in [2.75, 3.05) is 6.61 Å². The molecule has 1 heterocycles. The van der Waals surface area contributed by atoms with Crippen LogP contribution in [0, 0.1) is 29.1 Å². The van der Waals surface area contributed by atoms with E-state index in [1.54, 1.807) is 0 Å². The maximum Gasteiger partial charge on any atom is 0.305 e. The summed E-state index contributed by atoms with van der Waals surface area (Å²) in [6.07, 6.45) is 12.3. The van der Waals surface area contributed by atoms with Gasteiger partial charge in [-0.3, -0.25) is 4.79 Å². The van der Waals surface area contributed by atoms with Crippen molar-refractivity contribution in [3.05, 3.63) is 6.42 Å². The quantitative estimate of drug-likeness (QED) is 0.543. The Balaban J connectivity index is 1.68. The highest BCUT2D eigenvalue weighted by molar-refractivity contribution is 5.69. The Morgan fingerprint density at radius 2 is 1.74 bits per heavy atom. The van der Waals surface area contributed by atoms with Crippen LogP contribution in [0.5, 0.6) is 0 Å². The first-order valence-corrected chi connectivity index (χ1v) is 11.2. The first kappa shape index (κ1) is 21.1. The van der Waals surface area contributed by atoms with Crippen LogP contribution < -0.4 is 0 Å². The second-order valence-corrected chi connectivity index (χ2v) is 10.8. The van der Waals surface area contributed by atoms with Gasteiger partial charge in [0.25, 0.3) is 0 Å².